The zero-order valence-electron chi connectivity index (χ0n) is 9.74. The van der Waals surface area contributed by atoms with Crippen LogP contribution in [0.2, 0.25) is 0 Å². The van der Waals surface area contributed by atoms with E-state index in [1.807, 2.05) is 25.9 Å². The fourth-order valence-corrected chi connectivity index (χ4v) is 1.59. The van der Waals surface area contributed by atoms with E-state index in [0.29, 0.717) is 5.56 Å². The van der Waals surface area contributed by atoms with Gasteiger partial charge in [-0.1, -0.05) is 6.92 Å². The number of Topliss-reactive ketones (excluding diaryl/α,β-unsaturated/α-hetero) is 1. The van der Waals surface area contributed by atoms with Crippen molar-refractivity contribution >= 4 is 18.2 Å². The molecule has 16 heavy (non-hydrogen) atoms. The predicted octanol–water partition coefficient (Wildman–Crippen LogP) is 2.77. The Labute approximate surface area is 102 Å². The Morgan fingerprint density at radius 1 is 1.31 bits per heavy atom. The molecule has 1 aromatic rings. The summed E-state index contributed by atoms with van der Waals surface area (Å²) in [7, 11) is 3.74. The lowest BCUT2D eigenvalue weighted by Gasteiger charge is -2.21. The molecule has 1 rings (SSSR count). The summed E-state index contributed by atoms with van der Waals surface area (Å²) in [5.74, 6) is -0.271. The van der Waals surface area contributed by atoms with Crippen molar-refractivity contribution in [1.29, 1.82) is 0 Å². The predicted molar refractivity (Wildman–Crippen MR) is 65.7 cm³/mol. The number of nitrogens with zero attached hydrogens (tertiary/aromatic N) is 1. The Kier molecular flexibility index (Phi) is 6.22. The third kappa shape index (κ3) is 3.58. The van der Waals surface area contributed by atoms with Crippen molar-refractivity contribution in [1.82, 2.24) is 4.90 Å². The first-order valence-corrected chi connectivity index (χ1v) is 5.02. The lowest BCUT2D eigenvalue weighted by Crippen LogP contribution is -2.35. The summed E-state index contributed by atoms with van der Waals surface area (Å²) in [6.07, 6.45) is 0.753. The second-order valence-electron chi connectivity index (χ2n) is 3.76. The second kappa shape index (κ2) is 6.61. The maximum Gasteiger partial charge on any atom is 0.179 e. The van der Waals surface area contributed by atoms with E-state index in [9.17, 15) is 9.18 Å². The van der Waals surface area contributed by atoms with Gasteiger partial charge in [-0.15, -0.1) is 12.4 Å². The van der Waals surface area contributed by atoms with Crippen molar-refractivity contribution in [3.05, 3.63) is 35.6 Å². The monoisotopic (exact) mass is 245 g/mol. The van der Waals surface area contributed by atoms with Gasteiger partial charge in [-0.25, -0.2) is 4.39 Å². The maximum atomic E-state index is 12.7. The van der Waals surface area contributed by atoms with E-state index in [-0.39, 0.29) is 30.0 Å². The van der Waals surface area contributed by atoms with Crippen molar-refractivity contribution in [2.75, 3.05) is 14.1 Å². The molecule has 90 valence electrons. The smallest absolute Gasteiger partial charge is 0.179 e. The molecule has 0 aliphatic heterocycles. The van der Waals surface area contributed by atoms with Crippen LogP contribution in [0.5, 0.6) is 0 Å². The summed E-state index contributed by atoms with van der Waals surface area (Å²) >= 11 is 0. The minimum atomic E-state index is -0.315. The first-order valence-electron chi connectivity index (χ1n) is 5.02. The molecular formula is C12H17ClFNO. The molecule has 0 aromatic heterocycles. The van der Waals surface area contributed by atoms with Crippen LogP contribution in [-0.2, 0) is 0 Å². The van der Waals surface area contributed by atoms with Crippen LogP contribution in [0.4, 0.5) is 4.39 Å². The molecule has 0 amide bonds. The number of benzene rings is 1. The molecular weight excluding hydrogens is 229 g/mol. The number of carbonyl (C=O) groups is 1. The lowest BCUT2D eigenvalue weighted by atomic mass is 10.0. The van der Waals surface area contributed by atoms with E-state index >= 15 is 0 Å². The van der Waals surface area contributed by atoms with Crippen LogP contribution in [0.1, 0.15) is 23.7 Å². The number of rotatable bonds is 4. The average molecular weight is 246 g/mol. The Hall–Kier alpha value is -0.930. The normalized spacial score (nSPS) is 12.1. The third-order valence-corrected chi connectivity index (χ3v) is 2.44. The highest BCUT2D eigenvalue weighted by Crippen LogP contribution is 2.10. The highest BCUT2D eigenvalue weighted by Gasteiger charge is 2.19. The molecule has 0 spiro atoms. The van der Waals surface area contributed by atoms with Crippen LogP contribution in [0.3, 0.4) is 0 Å². The first-order chi connectivity index (χ1) is 7.06. The molecule has 0 saturated carbocycles. The van der Waals surface area contributed by atoms with Crippen molar-refractivity contribution in [3.8, 4) is 0 Å². The van der Waals surface area contributed by atoms with Crippen molar-refractivity contribution < 1.29 is 9.18 Å². The molecule has 0 saturated heterocycles. The SMILES string of the molecule is CCC(C(=O)c1ccc(F)cc1)N(C)C.Cl. The topological polar surface area (TPSA) is 20.3 Å². The van der Waals surface area contributed by atoms with Gasteiger partial charge < -0.3 is 0 Å². The van der Waals surface area contributed by atoms with Gasteiger partial charge in [0.2, 0.25) is 0 Å². The van der Waals surface area contributed by atoms with E-state index in [4.69, 9.17) is 0 Å². The molecule has 0 aliphatic rings. The standard InChI is InChI=1S/C12H16FNO.ClH/c1-4-11(14(2)3)12(15)9-5-7-10(13)8-6-9;/h5-8,11H,4H2,1-3H3;1H. The summed E-state index contributed by atoms with van der Waals surface area (Å²) in [5.41, 5.74) is 0.567. The van der Waals surface area contributed by atoms with E-state index in [0.717, 1.165) is 6.42 Å². The molecule has 0 radical (unpaired) electrons. The molecule has 0 aliphatic carbocycles. The number of carbonyl (C=O) groups excluding carboxylic acids is 1. The van der Waals surface area contributed by atoms with Gasteiger partial charge in [-0.05, 0) is 44.8 Å². The first kappa shape index (κ1) is 15.1. The number of ketones is 1. The van der Waals surface area contributed by atoms with Gasteiger partial charge in [0.1, 0.15) is 5.82 Å². The zero-order chi connectivity index (χ0) is 11.4. The number of hydrogen-bond acceptors (Lipinski definition) is 2. The summed E-state index contributed by atoms with van der Waals surface area (Å²) in [6, 6.07) is 5.56. The van der Waals surface area contributed by atoms with Gasteiger partial charge in [0.05, 0.1) is 6.04 Å². The van der Waals surface area contributed by atoms with Crippen molar-refractivity contribution in [2.24, 2.45) is 0 Å². The Morgan fingerprint density at radius 2 is 1.81 bits per heavy atom. The van der Waals surface area contributed by atoms with Crippen molar-refractivity contribution in [2.45, 2.75) is 19.4 Å². The van der Waals surface area contributed by atoms with Gasteiger partial charge in [-0.2, -0.15) is 0 Å². The second-order valence-corrected chi connectivity index (χ2v) is 3.76. The van der Waals surface area contributed by atoms with Gasteiger partial charge in [0.25, 0.3) is 0 Å². The fraction of sp³-hybridized carbons (Fsp3) is 0.417. The molecule has 0 heterocycles. The van der Waals surface area contributed by atoms with Gasteiger partial charge in [0.15, 0.2) is 5.78 Å². The number of halogens is 2. The fourth-order valence-electron chi connectivity index (χ4n) is 1.59. The van der Waals surface area contributed by atoms with Crippen LogP contribution in [0.25, 0.3) is 0 Å². The summed E-state index contributed by atoms with van der Waals surface area (Å²) in [6.45, 7) is 1.96. The van der Waals surface area contributed by atoms with Crippen LogP contribution >= 0.6 is 12.4 Å². The minimum absolute atomic E-state index is 0. The number of likely N-dealkylation sites (N-methyl/N-ethyl adjacent to an activating group) is 1. The van der Waals surface area contributed by atoms with E-state index in [1.165, 1.54) is 24.3 Å². The third-order valence-electron chi connectivity index (χ3n) is 2.44. The van der Waals surface area contributed by atoms with E-state index in [2.05, 4.69) is 0 Å². The highest BCUT2D eigenvalue weighted by molar-refractivity contribution is 6.00. The van der Waals surface area contributed by atoms with Gasteiger partial charge in [0, 0.05) is 5.56 Å². The van der Waals surface area contributed by atoms with Gasteiger partial charge in [-0.3, -0.25) is 9.69 Å². The Bertz CT molecular complexity index is 337. The highest BCUT2D eigenvalue weighted by atomic mass is 35.5. The van der Waals surface area contributed by atoms with Crippen LogP contribution < -0.4 is 0 Å². The molecule has 0 N–H and O–H groups in total. The van der Waals surface area contributed by atoms with Crippen LogP contribution in [0.15, 0.2) is 24.3 Å². The van der Waals surface area contributed by atoms with Crippen molar-refractivity contribution in [3.63, 3.8) is 0 Å². The molecule has 0 bridgehead atoms. The minimum Gasteiger partial charge on any atom is -0.299 e. The van der Waals surface area contributed by atoms with E-state index < -0.39 is 0 Å². The Balaban J connectivity index is 0.00000225. The summed E-state index contributed by atoms with van der Waals surface area (Å²) in [5, 5.41) is 0. The molecule has 1 aromatic carbocycles. The molecule has 1 unspecified atom stereocenters. The lowest BCUT2D eigenvalue weighted by molar-refractivity contribution is 0.0871. The quantitative estimate of drug-likeness (QED) is 0.761. The number of hydrogen-bond donors (Lipinski definition) is 0. The summed E-state index contributed by atoms with van der Waals surface area (Å²) in [4.78, 5) is 13.8. The summed E-state index contributed by atoms with van der Waals surface area (Å²) < 4.78 is 12.7. The Morgan fingerprint density at radius 3 is 2.19 bits per heavy atom. The molecule has 2 nitrogen and oxygen atoms in total. The molecule has 4 heteroatoms. The maximum absolute atomic E-state index is 12.7. The van der Waals surface area contributed by atoms with Crippen LogP contribution in [0, 0.1) is 5.82 Å². The van der Waals surface area contributed by atoms with Gasteiger partial charge >= 0.3 is 0 Å². The average Bonchev–Trinajstić information content (AvgIpc) is 2.19. The van der Waals surface area contributed by atoms with Crippen LogP contribution in [-0.4, -0.2) is 30.8 Å². The largest absolute Gasteiger partial charge is 0.299 e. The zero-order valence-corrected chi connectivity index (χ0v) is 10.6. The molecule has 1 atom stereocenters. The molecule has 0 fully saturated rings. The van der Waals surface area contributed by atoms with E-state index in [1.54, 1.807) is 0 Å².